The first-order valence-electron chi connectivity index (χ1n) is 25.8. The van der Waals surface area contributed by atoms with Crippen LogP contribution in [0.1, 0.15) is 44.5 Å². The van der Waals surface area contributed by atoms with Gasteiger partial charge in [0.1, 0.15) is 42.4 Å². The van der Waals surface area contributed by atoms with Crippen molar-refractivity contribution in [3.8, 4) is 5.75 Å². The summed E-state index contributed by atoms with van der Waals surface area (Å²) in [4.78, 5) is 0. The Bertz CT molecular complexity index is 2960. The Morgan fingerprint density at radius 3 is 0.718 bits per heavy atom. The van der Waals surface area contributed by atoms with Crippen LogP contribution >= 0.6 is 15.6 Å². The summed E-state index contributed by atoms with van der Waals surface area (Å²) in [5.41, 5.74) is 6.06. The largest absolute Gasteiger partial charge is 0.497 e. The number of benzene rings is 8. The monoisotopic (exact) mass is 1090 g/mol. The Morgan fingerprint density at radius 2 is 0.474 bits per heavy atom. The summed E-state index contributed by atoms with van der Waals surface area (Å²) >= 11 is 0. The van der Waals surface area contributed by atoms with Crippen LogP contribution < -0.4 is 4.74 Å². The zero-order valence-corrected chi connectivity index (χ0v) is 45.1. The van der Waals surface area contributed by atoms with E-state index in [1.165, 1.54) is 0 Å². The highest BCUT2D eigenvalue weighted by atomic mass is 31.2. The molecule has 8 aromatic carbocycles. The SMILES string of the molecule is COc1ccc(CO[C@@H]2[C@@H](OCc3ccccc3)[C@@H](OCc3ccccc3)[C@@H](OP(=O)(OCc3ccccc3)OCc3ccccc3)[C@H](OCc3ccccc3)[C@H]2OP(=O)(OCc2ccccc2)OCc2ccccc2)cc1. The van der Waals surface area contributed by atoms with Gasteiger partial charge in [0.05, 0.1) is 60.0 Å². The first kappa shape index (κ1) is 56.3. The van der Waals surface area contributed by atoms with Gasteiger partial charge in [-0.15, -0.1) is 0 Å². The van der Waals surface area contributed by atoms with Gasteiger partial charge in [0.25, 0.3) is 0 Å². The molecule has 1 aliphatic carbocycles. The van der Waals surface area contributed by atoms with E-state index in [1.54, 1.807) is 7.11 Å². The molecule has 1 fully saturated rings. The highest BCUT2D eigenvalue weighted by Crippen LogP contribution is 2.58. The van der Waals surface area contributed by atoms with Gasteiger partial charge in [-0.05, 0) is 56.6 Å². The summed E-state index contributed by atoms with van der Waals surface area (Å²) in [5, 5.41) is 0. The zero-order valence-electron chi connectivity index (χ0n) is 43.3. The van der Waals surface area contributed by atoms with Crippen LogP contribution in [0.2, 0.25) is 0 Å². The molecule has 0 bridgehead atoms. The van der Waals surface area contributed by atoms with Crippen LogP contribution in [0.15, 0.2) is 237 Å². The van der Waals surface area contributed by atoms with E-state index >= 15 is 9.13 Å². The van der Waals surface area contributed by atoms with Gasteiger partial charge in [0.15, 0.2) is 0 Å². The number of phosphoric ester groups is 2. The van der Waals surface area contributed by atoms with Gasteiger partial charge in [-0.3, -0.25) is 27.1 Å². The third-order valence-corrected chi connectivity index (χ3v) is 15.6. The van der Waals surface area contributed by atoms with Gasteiger partial charge in [-0.25, -0.2) is 9.13 Å². The fourth-order valence-electron chi connectivity index (χ4n) is 8.74. The van der Waals surface area contributed by atoms with Crippen molar-refractivity contribution in [2.75, 3.05) is 7.11 Å². The van der Waals surface area contributed by atoms with Gasteiger partial charge < -0.3 is 23.7 Å². The Balaban J connectivity index is 1.21. The molecule has 404 valence electrons. The minimum Gasteiger partial charge on any atom is -0.497 e. The Morgan fingerprint density at radius 1 is 0.269 bits per heavy atom. The predicted molar refractivity (Wildman–Crippen MR) is 297 cm³/mol. The van der Waals surface area contributed by atoms with Crippen molar-refractivity contribution in [1.29, 1.82) is 0 Å². The van der Waals surface area contributed by atoms with Crippen molar-refractivity contribution in [2.45, 2.75) is 89.5 Å². The summed E-state index contributed by atoms with van der Waals surface area (Å²) in [6, 6.07) is 73.4. The maximum Gasteiger partial charge on any atom is 0.475 e. The lowest BCUT2D eigenvalue weighted by atomic mass is 9.84. The lowest BCUT2D eigenvalue weighted by Gasteiger charge is -2.50. The second-order valence-corrected chi connectivity index (χ2v) is 21.7. The van der Waals surface area contributed by atoms with Gasteiger partial charge in [0, 0.05) is 0 Å². The summed E-state index contributed by atoms with van der Waals surface area (Å²) < 4.78 is 105. The molecule has 0 heterocycles. The number of hydrogen-bond donors (Lipinski definition) is 0. The first-order valence-corrected chi connectivity index (χ1v) is 28.7. The van der Waals surface area contributed by atoms with Crippen molar-refractivity contribution in [3.63, 3.8) is 0 Å². The molecule has 0 amide bonds. The molecule has 0 aromatic heterocycles. The van der Waals surface area contributed by atoms with Crippen molar-refractivity contribution >= 4 is 15.6 Å². The standard InChI is InChI=1S/C63H64O13P2/c1-66-57-39-37-56(38-40-57)44-69-60-58(67-41-49-23-9-2-10-24-49)59(68-42-50-25-11-3-12-26-50)62(75-77(64,71-45-52-29-15-5-16-30-52)72-46-53-31-17-6-18-32-53)61(70-43-51-27-13-4-14-28-51)63(60)76-78(65,73-47-54-33-19-7-20-34-54)74-48-55-35-21-8-22-36-55/h2-40,58-63H,41-48H2,1H3/t58-,59+,60+,61-,62+,63-/m0/s1. The summed E-state index contributed by atoms with van der Waals surface area (Å²) in [5.74, 6) is 0.658. The van der Waals surface area contributed by atoms with Crippen LogP contribution in [-0.4, -0.2) is 43.7 Å². The molecule has 13 nitrogen and oxygen atoms in total. The molecule has 78 heavy (non-hydrogen) atoms. The fraction of sp³-hybridized carbons (Fsp3) is 0.238. The minimum absolute atomic E-state index is 0.000958. The highest BCUT2D eigenvalue weighted by molar-refractivity contribution is 7.48. The average molecular weight is 1090 g/mol. The fourth-order valence-corrected chi connectivity index (χ4v) is 11.4. The van der Waals surface area contributed by atoms with E-state index in [2.05, 4.69) is 0 Å². The normalized spacial score (nSPS) is 18.6. The van der Waals surface area contributed by atoms with Gasteiger partial charge >= 0.3 is 15.6 Å². The number of phosphoric acid groups is 2. The van der Waals surface area contributed by atoms with Crippen LogP contribution in [0.5, 0.6) is 5.75 Å². The second kappa shape index (κ2) is 29.0. The number of ether oxygens (including phenoxy) is 5. The average Bonchev–Trinajstić information content (AvgIpc) is 3.62. The van der Waals surface area contributed by atoms with E-state index in [0.717, 1.165) is 22.3 Å². The highest BCUT2D eigenvalue weighted by Gasteiger charge is 2.59. The van der Waals surface area contributed by atoms with E-state index in [0.29, 0.717) is 28.0 Å². The Labute approximate surface area is 457 Å². The van der Waals surface area contributed by atoms with Crippen LogP contribution in [0.25, 0.3) is 0 Å². The lowest BCUT2D eigenvalue weighted by molar-refractivity contribution is -0.268. The Kier molecular flexibility index (Phi) is 21.0. The number of hydrogen-bond acceptors (Lipinski definition) is 13. The van der Waals surface area contributed by atoms with Gasteiger partial charge in [-0.1, -0.05) is 224 Å². The molecule has 15 heteroatoms. The maximum absolute atomic E-state index is 15.9. The molecule has 9 rings (SSSR count). The topological polar surface area (TPSA) is 136 Å². The van der Waals surface area contributed by atoms with Crippen molar-refractivity contribution in [2.24, 2.45) is 0 Å². The van der Waals surface area contributed by atoms with Crippen LogP contribution in [-0.2, 0) is 108 Å². The Hall–Kier alpha value is -6.38. The first-order chi connectivity index (χ1) is 38.3. The van der Waals surface area contributed by atoms with Crippen molar-refractivity contribution in [1.82, 2.24) is 0 Å². The van der Waals surface area contributed by atoms with Crippen LogP contribution in [0.4, 0.5) is 0 Å². The predicted octanol–water partition coefficient (Wildman–Crippen LogP) is 14.2. The molecule has 0 aliphatic heterocycles. The third-order valence-electron chi connectivity index (χ3n) is 12.8. The quantitative estimate of drug-likeness (QED) is 0.0412. The van der Waals surface area contributed by atoms with E-state index in [9.17, 15) is 0 Å². The smallest absolute Gasteiger partial charge is 0.475 e. The maximum atomic E-state index is 15.9. The number of methoxy groups -OCH3 is 1. The van der Waals surface area contributed by atoms with Gasteiger partial charge in [-0.2, -0.15) is 0 Å². The minimum atomic E-state index is -4.73. The molecule has 0 N–H and O–H groups in total. The molecule has 0 radical (unpaired) electrons. The van der Waals surface area contributed by atoms with Crippen LogP contribution in [0.3, 0.4) is 0 Å². The molecular formula is C63H64O13P2. The third kappa shape index (κ3) is 16.8. The molecule has 8 aromatic rings. The molecule has 0 saturated heterocycles. The molecule has 0 unspecified atom stereocenters. The van der Waals surface area contributed by atoms with E-state index in [1.807, 2.05) is 237 Å². The van der Waals surface area contributed by atoms with E-state index in [4.69, 9.17) is 50.8 Å². The van der Waals surface area contributed by atoms with E-state index in [-0.39, 0.29) is 52.9 Å². The molecule has 1 saturated carbocycles. The van der Waals surface area contributed by atoms with Crippen molar-refractivity contribution < 1.29 is 60.0 Å². The molecular weight excluding hydrogens is 1030 g/mol. The molecule has 0 spiro atoms. The summed E-state index contributed by atoms with van der Waals surface area (Å²) in [6.45, 7) is -0.550. The summed E-state index contributed by atoms with van der Waals surface area (Å²) in [7, 11) is -7.84. The summed E-state index contributed by atoms with van der Waals surface area (Å²) in [6.07, 6.45) is -7.83. The van der Waals surface area contributed by atoms with Crippen molar-refractivity contribution in [3.05, 3.63) is 281 Å². The van der Waals surface area contributed by atoms with E-state index < -0.39 is 52.3 Å². The van der Waals surface area contributed by atoms with Crippen LogP contribution in [0, 0.1) is 0 Å². The zero-order chi connectivity index (χ0) is 53.7. The van der Waals surface area contributed by atoms with Gasteiger partial charge in [0.2, 0.25) is 0 Å². The second-order valence-electron chi connectivity index (χ2n) is 18.5. The number of rotatable bonds is 29. The molecule has 6 atom stereocenters. The lowest BCUT2D eigenvalue weighted by Crippen LogP contribution is -2.67. The molecule has 1 aliphatic rings.